The number of benzene rings is 1. The molecule has 1 heterocycles. The molecular weight excluding hydrogens is 266 g/mol. The Bertz CT molecular complexity index is 530. The van der Waals surface area contributed by atoms with Gasteiger partial charge in [-0.15, -0.1) is 0 Å². The monoisotopic (exact) mass is 289 g/mol. The minimum atomic E-state index is -0.519. The Morgan fingerprint density at radius 1 is 1.38 bits per heavy atom. The van der Waals surface area contributed by atoms with Crippen LogP contribution in [0.3, 0.4) is 0 Å². The molecule has 2 rings (SSSR count). The van der Waals surface area contributed by atoms with Crippen molar-refractivity contribution < 1.29 is 9.59 Å². The quantitative estimate of drug-likeness (QED) is 0.789. The Balaban J connectivity index is 2.11. The molecule has 0 bridgehead atoms. The van der Waals surface area contributed by atoms with E-state index in [1.165, 1.54) is 0 Å². The van der Waals surface area contributed by atoms with Gasteiger partial charge in [0.05, 0.1) is 5.92 Å². The normalized spacial score (nSPS) is 21.7. The fourth-order valence-corrected chi connectivity index (χ4v) is 2.69. The molecule has 2 amide bonds. The molecule has 0 saturated carbocycles. The molecule has 0 radical (unpaired) electrons. The number of nitrogens with one attached hydrogen (secondary N) is 3. The number of rotatable bonds is 4. The van der Waals surface area contributed by atoms with Gasteiger partial charge in [0.25, 0.3) is 0 Å². The average Bonchev–Trinajstić information content (AvgIpc) is 2.46. The molecule has 1 aromatic carbocycles. The van der Waals surface area contributed by atoms with E-state index in [-0.39, 0.29) is 23.8 Å². The summed E-state index contributed by atoms with van der Waals surface area (Å²) in [6.07, 6.45) is 0.727. The molecule has 3 N–H and O–H groups in total. The van der Waals surface area contributed by atoms with Crippen LogP contribution in [0.25, 0.3) is 0 Å². The van der Waals surface area contributed by atoms with Crippen molar-refractivity contribution in [2.24, 2.45) is 0 Å². The first-order valence-corrected chi connectivity index (χ1v) is 7.46. The lowest BCUT2D eigenvalue weighted by molar-refractivity contribution is -0.129. The molecule has 1 aliphatic rings. The number of carbonyl (C=O) groups excluding carboxylic acids is 2. The fourth-order valence-electron chi connectivity index (χ4n) is 2.69. The van der Waals surface area contributed by atoms with Gasteiger partial charge in [0.15, 0.2) is 0 Å². The lowest BCUT2D eigenvalue weighted by Crippen LogP contribution is -2.47. The molecular formula is C16H23N3O2. The molecule has 1 aromatic rings. The Morgan fingerprint density at radius 2 is 2.10 bits per heavy atom. The van der Waals surface area contributed by atoms with Crippen molar-refractivity contribution >= 4 is 17.5 Å². The predicted octanol–water partition coefficient (Wildman–Crippen LogP) is 1.62. The van der Waals surface area contributed by atoms with Gasteiger partial charge in [-0.2, -0.15) is 0 Å². The highest BCUT2D eigenvalue weighted by Crippen LogP contribution is 2.34. The number of amides is 2. The van der Waals surface area contributed by atoms with Crippen LogP contribution in [0.2, 0.25) is 0 Å². The number of hydrogen-bond acceptors (Lipinski definition) is 3. The summed E-state index contributed by atoms with van der Waals surface area (Å²) >= 11 is 0. The van der Waals surface area contributed by atoms with Crippen molar-refractivity contribution in [2.75, 3.05) is 11.9 Å². The first-order chi connectivity index (χ1) is 10.0. The first kappa shape index (κ1) is 15.4. The van der Waals surface area contributed by atoms with E-state index in [2.05, 4.69) is 22.9 Å². The maximum Gasteiger partial charge on any atom is 0.242 e. The zero-order valence-electron chi connectivity index (χ0n) is 12.8. The van der Waals surface area contributed by atoms with Crippen LogP contribution >= 0.6 is 0 Å². The summed E-state index contributed by atoms with van der Waals surface area (Å²) in [5.41, 5.74) is 2.00. The van der Waals surface area contributed by atoms with Gasteiger partial charge in [-0.3, -0.25) is 9.59 Å². The Kier molecular flexibility index (Phi) is 4.83. The average molecular weight is 289 g/mol. The molecule has 5 nitrogen and oxygen atoms in total. The summed E-state index contributed by atoms with van der Waals surface area (Å²) in [5, 5.41) is 8.91. The lowest BCUT2D eigenvalue weighted by Gasteiger charge is -2.31. The second kappa shape index (κ2) is 6.61. The van der Waals surface area contributed by atoms with E-state index in [0.29, 0.717) is 6.54 Å². The largest absolute Gasteiger partial charge is 0.382 e. The Hall–Kier alpha value is -2.04. The molecule has 3 atom stereocenters. The van der Waals surface area contributed by atoms with Gasteiger partial charge >= 0.3 is 0 Å². The van der Waals surface area contributed by atoms with Crippen LogP contribution in [0.1, 0.15) is 38.7 Å². The maximum absolute atomic E-state index is 12.5. The number of anilines is 1. The topological polar surface area (TPSA) is 70.2 Å². The summed E-state index contributed by atoms with van der Waals surface area (Å²) in [6.45, 7) is 6.19. The SMILES string of the molecule is CCNC(=O)C(C)NC(=O)C1CC(C)Nc2ccccc21. The van der Waals surface area contributed by atoms with Crippen LogP contribution in [0.4, 0.5) is 5.69 Å². The third kappa shape index (κ3) is 3.54. The van der Waals surface area contributed by atoms with Crippen LogP contribution in [0.5, 0.6) is 0 Å². The molecule has 3 unspecified atom stereocenters. The Labute approximate surface area is 125 Å². The molecule has 0 saturated heterocycles. The zero-order valence-corrected chi connectivity index (χ0v) is 12.8. The van der Waals surface area contributed by atoms with E-state index in [0.717, 1.165) is 17.7 Å². The Morgan fingerprint density at radius 3 is 2.81 bits per heavy atom. The second-order valence-electron chi connectivity index (χ2n) is 5.55. The molecule has 5 heteroatoms. The van der Waals surface area contributed by atoms with Gasteiger partial charge in [0, 0.05) is 18.3 Å². The van der Waals surface area contributed by atoms with E-state index in [1.54, 1.807) is 6.92 Å². The predicted molar refractivity (Wildman–Crippen MR) is 83.2 cm³/mol. The third-order valence-electron chi connectivity index (χ3n) is 3.75. The van der Waals surface area contributed by atoms with E-state index < -0.39 is 6.04 Å². The highest BCUT2D eigenvalue weighted by atomic mass is 16.2. The third-order valence-corrected chi connectivity index (χ3v) is 3.75. The number of para-hydroxylation sites is 1. The van der Waals surface area contributed by atoms with Gasteiger partial charge in [0.1, 0.15) is 6.04 Å². The van der Waals surface area contributed by atoms with Crippen molar-refractivity contribution in [1.29, 1.82) is 0 Å². The fraction of sp³-hybridized carbons (Fsp3) is 0.500. The summed E-state index contributed by atoms with van der Waals surface area (Å²) in [4.78, 5) is 24.2. The van der Waals surface area contributed by atoms with Crippen molar-refractivity contribution in [3.8, 4) is 0 Å². The van der Waals surface area contributed by atoms with Crippen LogP contribution < -0.4 is 16.0 Å². The lowest BCUT2D eigenvalue weighted by atomic mass is 9.86. The highest BCUT2D eigenvalue weighted by Gasteiger charge is 2.30. The van der Waals surface area contributed by atoms with E-state index in [4.69, 9.17) is 0 Å². The van der Waals surface area contributed by atoms with Gasteiger partial charge in [-0.05, 0) is 38.8 Å². The molecule has 0 aliphatic carbocycles. The number of hydrogen-bond donors (Lipinski definition) is 3. The van der Waals surface area contributed by atoms with Crippen molar-refractivity contribution in [1.82, 2.24) is 10.6 Å². The zero-order chi connectivity index (χ0) is 15.4. The van der Waals surface area contributed by atoms with Gasteiger partial charge in [-0.25, -0.2) is 0 Å². The van der Waals surface area contributed by atoms with Gasteiger partial charge < -0.3 is 16.0 Å². The van der Waals surface area contributed by atoms with Gasteiger partial charge in [0.2, 0.25) is 11.8 Å². The van der Waals surface area contributed by atoms with Crippen molar-refractivity contribution in [3.63, 3.8) is 0 Å². The first-order valence-electron chi connectivity index (χ1n) is 7.46. The summed E-state index contributed by atoms with van der Waals surface area (Å²) < 4.78 is 0. The minimum absolute atomic E-state index is 0.0884. The molecule has 1 aliphatic heterocycles. The second-order valence-corrected chi connectivity index (χ2v) is 5.55. The maximum atomic E-state index is 12.5. The standard InChI is InChI=1S/C16H23N3O2/c1-4-17-15(20)11(3)19-16(21)13-9-10(2)18-14-8-6-5-7-12(13)14/h5-8,10-11,13,18H,4,9H2,1-3H3,(H,17,20)(H,19,21). The molecule has 0 aromatic heterocycles. The van der Waals surface area contributed by atoms with Crippen LogP contribution in [0, 0.1) is 0 Å². The van der Waals surface area contributed by atoms with Crippen LogP contribution in [-0.2, 0) is 9.59 Å². The number of carbonyl (C=O) groups is 2. The van der Waals surface area contributed by atoms with E-state index in [1.807, 2.05) is 31.2 Å². The van der Waals surface area contributed by atoms with Gasteiger partial charge in [-0.1, -0.05) is 18.2 Å². The molecule has 0 spiro atoms. The highest BCUT2D eigenvalue weighted by molar-refractivity contribution is 5.91. The molecule has 114 valence electrons. The summed E-state index contributed by atoms with van der Waals surface area (Å²) in [6, 6.07) is 7.55. The molecule has 0 fully saturated rings. The summed E-state index contributed by atoms with van der Waals surface area (Å²) in [5.74, 6) is -0.454. The van der Waals surface area contributed by atoms with Crippen LogP contribution in [0.15, 0.2) is 24.3 Å². The molecule has 21 heavy (non-hydrogen) atoms. The number of likely N-dealkylation sites (N-methyl/N-ethyl adjacent to an activating group) is 1. The van der Waals surface area contributed by atoms with E-state index in [9.17, 15) is 9.59 Å². The van der Waals surface area contributed by atoms with E-state index >= 15 is 0 Å². The minimum Gasteiger partial charge on any atom is -0.382 e. The number of fused-ring (bicyclic) bond motifs is 1. The van der Waals surface area contributed by atoms with Crippen molar-refractivity contribution in [2.45, 2.75) is 45.2 Å². The van der Waals surface area contributed by atoms with Crippen LogP contribution in [-0.4, -0.2) is 30.4 Å². The smallest absolute Gasteiger partial charge is 0.242 e. The van der Waals surface area contributed by atoms with Crippen molar-refractivity contribution in [3.05, 3.63) is 29.8 Å². The summed E-state index contributed by atoms with van der Waals surface area (Å²) in [7, 11) is 0.